The molecule has 0 amide bonds. The predicted octanol–water partition coefficient (Wildman–Crippen LogP) is 3.08. The molecule has 0 radical (unpaired) electrons. The largest absolute Gasteiger partial charge is 0.307 e. The maximum absolute atomic E-state index is 11.7. The normalized spacial score (nSPS) is 11.0. The first kappa shape index (κ1) is 17.0. The predicted molar refractivity (Wildman–Crippen MR) is 99.2 cm³/mol. The molecule has 1 aromatic carbocycles. The van der Waals surface area contributed by atoms with Gasteiger partial charge in [0.25, 0.3) is 5.56 Å². The lowest BCUT2D eigenvalue weighted by atomic mass is 10.1. The molecule has 3 aromatic rings. The number of benzene rings is 1. The number of H-pyrrole nitrogens is 1. The summed E-state index contributed by atoms with van der Waals surface area (Å²) in [5.41, 5.74) is 5.17. The highest BCUT2D eigenvalue weighted by Gasteiger charge is 2.07. The van der Waals surface area contributed by atoms with Crippen molar-refractivity contribution >= 4 is 0 Å². The van der Waals surface area contributed by atoms with Crippen molar-refractivity contribution in [2.24, 2.45) is 0 Å². The third-order valence-electron chi connectivity index (χ3n) is 4.10. The molecule has 25 heavy (non-hydrogen) atoms. The van der Waals surface area contributed by atoms with E-state index < -0.39 is 0 Å². The van der Waals surface area contributed by atoms with Crippen LogP contribution in [0.25, 0.3) is 11.4 Å². The molecule has 0 unspecified atom stereocenters. The summed E-state index contributed by atoms with van der Waals surface area (Å²) < 4.78 is 0. The van der Waals surface area contributed by atoms with Gasteiger partial charge in [-0.15, -0.1) is 0 Å². The van der Waals surface area contributed by atoms with Crippen molar-refractivity contribution in [3.05, 3.63) is 81.5 Å². The van der Waals surface area contributed by atoms with E-state index >= 15 is 0 Å². The second kappa shape index (κ2) is 7.40. The van der Waals surface area contributed by atoms with Crippen LogP contribution in [0.15, 0.2) is 53.6 Å². The number of aromatic nitrogens is 3. The molecule has 1 N–H and O–H groups in total. The van der Waals surface area contributed by atoms with Crippen LogP contribution in [0.2, 0.25) is 0 Å². The van der Waals surface area contributed by atoms with E-state index in [0.717, 1.165) is 24.3 Å². The Bertz CT molecular complexity index is 933. The highest BCUT2D eigenvalue weighted by molar-refractivity contribution is 5.55. The van der Waals surface area contributed by atoms with Gasteiger partial charge in [-0.25, -0.2) is 4.98 Å². The molecule has 5 nitrogen and oxygen atoms in total. The number of pyridine rings is 1. The summed E-state index contributed by atoms with van der Waals surface area (Å²) >= 11 is 0. The first-order valence-corrected chi connectivity index (χ1v) is 8.26. The maximum atomic E-state index is 11.7. The molecule has 0 aliphatic rings. The van der Waals surface area contributed by atoms with Gasteiger partial charge in [0, 0.05) is 42.8 Å². The lowest BCUT2D eigenvalue weighted by molar-refractivity contribution is 0.318. The molecule has 3 rings (SSSR count). The molecule has 0 aliphatic carbocycles. The maximum Gasteiger partial charge on any atom is 0.251 e. The smallest absolute Gasteiger partial charge is 0.251 e. The molecule has 2 aromatic heterocycles. The second-order valence-corrected chi connectivity index (χ2v) is 6.41. The summed E-state index contributed by atoms with van der Waals surface area (Å²) in [6.07, 6.45) is 3.72. The van der Waals surface area contributed by atoms with Gasteiger partial charge in [-0.2, -0.15) is 0 Å². The monoisotopic (exact) mass is 334 g/mol. The SMILES string of the molecule is Cc1cc(=O)[nH]c(-c2cccc(CN(C)Cc3ccncc3C)c2)n1. The van der Waals surface area contributed by atoms with Crippen LogP contribution in [0, 0.1) is 13.8 Å². The van der Waals surface area contributed by atoms with E-state index in [1.165, 1.54) is 22.8 Å². The Morgan fingerprint density at radius 3 is 2.72 bits per heavy atom. The molecule has 0 saturated heterocycles. The van der Waals surface area contributed by atoms with Gasteiger partial charge in [0.15, 0.2) is 0 Å². The van der Waals surface area contributed by atoms with Gasteiger partial charge < -0.3 is 4.98 Å². The van der Waals surface area contributed by atoms with Crippen molar-refractivity contribution in [2.75, 3.05) is 7.05 Å². The first-order valence-electron chi connectivity index (χ1n) is 8.26. The van der Waals surface area contributed by atoms with Crippen molar-refractivity contribution in [3.63, 3.8) is 0 Å². The van der Waals surface area contributed by atoms with Crippen molar-refractivity contribution in [2.45, 2.75) is 26.9 Å². The Balaban J connectivity index is 1.77. The van der Waals surface area contributed by atoms with E-state index in [4.69, 9.17) is 0 Å². The Hall–Kier alpha value is -2.79. The minimum Gasteiger partial charge on any atom is -0.307 e. The molecule has 5 heteroatoms. The molecule has 0 fully saturated rings. The summed E-state index contributed by atoms with van der Waals surface area (Å²) in [6, 6.07) is 11.7. The summed E-state index contributed by atoms with van der Waals surface area (Å²) in [5, 5.41) is 0. The number of hydrogen-bond acceptors (Lipinski definition) is 4. The zero-order valence-electron chi connectivity index (χ0n) is 14.8. The molecular formula is C20H22N4O. The van der Waals surface area contributed by atoms with Gasteiger partial charge in [0.2, 0.25) is 0 Å². The van der Waals surface area contributed by atoms with Gasteiger partial charge in [-0.1, -0.05) is 18.2 Å². The van der Waals surface area contributed by atoms with Crippen LogP contribution >= 0.6 is 0 Å². The van der Waals surface area contributed by atoms with Crippen LogP contribution in [0.4, 0.5) is 0 Å². The van der Waals surface area contributed by atoms with Crippen LogP contribution in [-0.2, 0) is 13.1 Å². The van der Waals surface area contributed by atoms with Crippen molar-refractivity contribution in [1.82, 2.24) is 19.9 Å². The number of hydrogen-bond donors (Lipinski definition) is 1. The number of nitrogens with one attached hydrogen (secondary N) is 1. The fraction of sp³-hybridized carbons (Fsp3) is 0.250. The van der Waals surface area contributed by atoms with E-state index in [1.54, 1.807) is 0 Å². The van der Waals surface area contributed by atoms with Gasteiger partial charge >= 0.3 is 0 Å². The van der Waals surface area contributed by atoms with Gasteiger partial charge in [-0.3, -0.25) is 14.7 Å². The average molecular weight is 334 g/mol. The molecule has 0 aliphatic heterocycles. The zero-order chi connectivity index (χ0) is 17.8. The minimum atomic E-state index is -0.127. The van der Waals surface area contributed by atoms with Crippen LogP contribution in [0.3, 0.4) is 0 Å². The van der Waals surface area contributed by atoms with E-state index in [2.05, 4.69) is 52.0 Å². The fourth-order valence-electron chi connectivity index (χ4n) is 2.87. The fourth-order valence-corrected chi connectivity index (χ4v) is 2.87. The minimum absolute atomic E-state index is 0.127. The van der Waals surface area contributed by atoms with Crippen LogP contribution in [-0.4, -0.2) is 26.9 Å². The van der Waals surface area contributed by atoms with Crippen molar-refractivity contribution < 1.29 is 0 Å². The molecular weight excluding hydrogens is 312 g/mol. The zero-order valence-corrected chi connectivity index (χ0v) is 14.8. The molecule has 0 saturated carbocycles. The molecule has 128 valence electrons. The summed E-state index contributed by atoms with van der Waals surface area (Å²) in [5.74, 6) is 0.611. The first-order chi connectivity index (χ1) is 12.0. The summed E-state index contributed by atoms with van der Waals surface area (Å²) in [7, 11) is 2.10. The standard InChI is InChI=1S/C20H22N4O/c1-14-11-21-8-7-18(14)13-24(3)12-16-5-4-6-17(10-16)20-22-15(2)9-19(25)23-20/h4-11H,12-13H2,1-3H3,(H,22,23,25). The Morgan fingerprint density at radius 2 is 1.96 bits per heavy atom. The quantitative estimate of drug-likeness (QED) is 0.779. The lowest BCUT2D eigenvalue weighted by Gasteiger charge is -2.18. The summed E-state index contributed by atoms with van der Waals surface area (Å²) in [4.78, 5) is 25.3. The third-order valence-corrected chi connectivity index (χ3v) is 4.10. The Labute approximate surface area is 147 Å². The molecule has 0 atom stereocenters. The summed E-state index contributed by atoms with van der Waals surface area (Å²) in [6.45, 7) is 5.58. The van der Waals surface area contributed by atoms with Crippen LogP contribution < -0.4 is 5.56 Å². The Morgan fingerprint density at radius 1 is 1.12 bits per heavy atom. The molecule has 0 bridgehead atoms. The topological polar surface area (TPSA) is 61.9 Å². The highest BCUT2D eigenvalue weighted by atomic mass is 16.1. The molecule has 0 spiro atoms. The lowest BCUT2D eigenvalue weighted by Crippen LogP contribution is -2.18. The van der Waals surface area contributed by atoms with E-state index in [9.17, 15) is 4.79 Å². The number of aryl methyl sites for hydroxylation is 2. The van der Waals surface area contributed by atoms with Crippen molar-refractivity contribution in [1.29, 1.82) is 0 Å². The number of nitrogens with zero attached hydrogens (tertiary/aromatic N) is 3. The van der Waals surface area contributed by atoms with E-state index in [-0.39, 0.29) is 5.56 Å². The third kappa shape index (κ3) is 4.39. The number of aromatic amines is 1. The Kier molecular flexibility index (Phi) is 5.05. The van der Waals surface area contributed by atoms with Crippen molar-refractivity contribution in [3.8, 4) is 11.4 Å². The van der Waals surface area contributed by atoms with Crippen LogP contribution in [0.1, 0.15) is 22.4 Å². The van der Waals surface area contributed by atoms with Crippen LogP contribution in [0.5, 0.6) is 0 Å². The highest BCUT2D eigenvalue weighted by Crippen LogP contribution is 2.17. The average Bonchev–Trinajstić information content (AvgIpc) is 2.56. The van der Waals surface area contributed by atoms with E-state index in [0.29, 0.717) is 5.82 Å². The van der Waals surface area contributed by atoms with E-state index in [1.807, 2.05) is 31.5 Å². The second-order valence-electron chi connectivity index (χ2n) is 6.41. The van der Waals surface area contributed by atoms with Gasteiger partial charge in [-0.05, 0) is 49.7 Å². The van der Waals surface area contributed by atoms with Gasteiger partial charge in [0.05, 0.1) is 0 Å². The van der Waals surface area contributed by atoms with Gasteiger partial charge in [0.1, 0.15) is 5.82 Å². The molecule has 2 heterocycles. The number of rotatable bonds is 5.